The molecule has 0 spiro atoms. The highest BCUT2D eigenvalue weighted by molar-refractivity contribution is 6.13. The minimum absolute atomic E-state index is 0.117. The van der Waals surface area contributed by atoms with Gasteiger partial charge in [0, 0.05) is 16.6 Å². The highest BCUT2D eigenvalue weighted by atomic mass is 16.1. The van der Waals surface area contributed by atoms with Crippen LogP contribution >= 0.6 is 0 Å². The van der Waals surface area contributed by atoms with E-state index in [1.165, 1.54) is 5.56 Å². The Balaban J connectivity index is 1.78. The molecule has 0 atom stereocenters. The third kappa shape index (κ3) is 3.97. The molecule has 1 amide bonds. The Kier molecular flexibility index (Phi) is 5.62. The van der Waals surface area contributed by atoms with Crippen molar-refractivity contribution in [2.75, 3.05) is 5.32 Å². The summed E-state index contributed by atoms with van der Waals surface area (Å²) in [4.78, 5) is 18.2. The Hall–Kier alpha value is -3.46. The predicted octanol–water partition coefficient (Wildman–Crippen LogP) is 6.84. The number of hydrogen-bond donors (Lipinski definition) is 1. The van der Waals surface area contributed by atoms with Crippen LogP contribution in [0.2, 0.25) is 0 Å². The molecule has 3 aromatic carbocycles. The number of aryl methyl sites for hydroxylation is 1. The maximum absolute atomic E-state index is 13.3. The second kappa shape index (κ2) is 8.50. The smallest absolute Gasteiger partial charge is 0.256 e. The first-order valence-corrected chi connectivity index (χ1v) is 10.5. The fraction of sp³-hybridized carbons (Fsp3) is 0.185. The summed E-state index contributed by atoms with van der Waals surface area (Å²) in [6, 6.07) is 26.1. The van der Waals surface area contributed by atoms with Crippen LogP contribution in [0.3, 0.4) is 0 Å². The zero-order valence-electron chi connectivity index (χ0n) is 17.6. The van der Waals surface area contributed by atoms with E-state index in [4.69, 9.17) is 4.98 Å². The van der Waals surface area contributed by atoms with Gasteiger partial charge in [0.05, 0.1) is 16.8 Å². The van der Waals surface area contributed by atoms with Crippen molar-refractivity contribution < 1.29 is 4.79 Å². The van der Waals surface area contributed by atoms with Gasteiger partial charge in [-0.25, -0.2) is 4.98 Å². The van der Waals surface area contributed by atoms with Gasteiger partial charge in [-0.2, -0.15) is 0 Å². The summed E-state index contributed by atoms with van der Waals surface area (Å²) in [7, 11) is 0. The van der Waals surface area contributed by atoms with Crippen LogP contribution in [0.25, 0.3) is 22.2 Å². The summed E-state index contributed by atoms with van der Waals surface area (Å²) < 4.78 is 0. The second-order valence-electron chi connectivity index (χ2n) is 7.82. The van der Waals surface area contributed by atoms with E-state index < -0.39 is 0 Å². The van der Waals surface area contributed by atoms with Gasteiger partial charge < -0.3 is 5.32 Å². The molecular formula is C27H26N2O. The lowest BCUT2D eigenvalue weighted by Gasteiger charge is -2.15. The number of benzene rings is 3. The first kappa shape index (κ1) is 19.8. The number of fused-ring (bicyclic) bond motifs is 1. The highest BCUT2D eigenvalue weighted by Gasteiger charge is 2.16. The van der Waals surface area contributed by atoms with Crippen LogP contribution in [0.1, 0.15) is 48.2 Å². The summed E-state index contributed by atoms with van der Waals surface area (Å²) in [6.07, 6.45) is 0.994. The molecule has 0 radical (unpaired) electrons. The Bertz CT molecular complexity index is 1190. The van der Waals surface area contributed by atoms with Crippen molar-refractivity contribution in [3.63, 3.8) is 0 Å². The lowest BCUT2D eigenvalue weighted by atomic mass is 10.00. The minimum Gasteiger partial charge on any atom is -0.322 e. The standard InChI is InChI=1S/C27H26N2O/c1-4-19-13-15-20(16-14-19)26-17-23(22-10-6-8-12-25(22)28-26)27(30)29-24-11-7-5-9-21(24)18(2)3/h5-18H,4H2,1-3H3,(H,29,30). The molecule has 0 saturated carbocycles. The van der Waals surface area contributed by atoms with Gasteiger partial charge in [0.15, 0.2) is 0 Å². The fourth-order valence-electron chi connectivity index (χ4n) is 3.73. The van der Waals surface area contributed by atoms with E-state index in [-0.39, 0.29) is 5.91 Å². The first-order valence-electron chi connectivity index (χ1n) is 10.5. The number of carbonyl (C=O) groups is 1. The highest BCUT2D eigenvalue weighted by Crippen LogP contribution is 2.28. The molecule has 4 aromatic rings. The van der Waals surface area contributed by atoms with Crippen molar-refractivity contribution in [1.29, 1.82) is 0 Å². The van der Waals surface area contributed by atoms with Crippen LogP contribution in [0.4, 0.5) is 5.69 Å². The van der Waals surface area contributed by atoms with E-state index in [2.05, 4.69) is 56.4 Å². The third-order valence-corrected chi connectivity index (χ3v) is 5.45. The fourth-order valence-corrected chi connectivity index (χ4v) is 3.73. The molecule has 0 aliphatic heterocycles. The number of rotatable bonds is 5. The van der Waals surface area contributed by atoms with Crippen LogP contribution in [0, 0.1) is 0 Å². The molecular weight excluding hydrogens is 368 g/mol. The molecule has 1 N–H and O–H groups in total. The van der Waals surface area contributed by atoms with E-state index in [1.54, 1.807) is 0 Å². The summed E-state index contributed by atoms with van der Waals surface area (Å²) in [5.74, 6) is 0.205. The number of nitrogens with one attached hydrogen (secondary N) is 1. The van der Waals surface area contributed by atoms with Gasteiger partial charge >= 0.3 is 0 Å². The van der Waals surface area contributed by atoms with E-state index in [9.17, 15) is 4.79 Å². The minimum atomic E-state index is -0.117. The Labute approximate surface area is 177 Å². The molecule has 0 bridgehead atoms. The number of carbonyl (C=O) groups excluding carboxylic acids is 1. The molecule has 0 unspecified atom stereocenters. The summed E-state index contributed by atoms with van der Waals surface area (Å²) in [5.41, 5.74) is 6.52. The van der Waals surface area contributed by atoms with Gasteiger partial charge in [0.1, 0.15) is 0 Å². The van der Waals surface area contributed by atoms with Crippen LogP contribution in [-0.2, 0) is 6.42 Å². The van der Waals surface area contributed by atoms with Gasteiger partial charge in [0.25, 0.3) is 5.91 Å². The molecule has 3 nitrogen and oxygen atoms in total. The Morgan fingerprint density at radius 1 is 0.933 bits per heavy atom. The molecule has 4 rings (SSSR count). The van der Waals surface area contributed by atoms with Crippen molar-refractivity contribution in [3.05, 3.63) is 95.6 Å². The van der Waals surface area contributed by atoms with Crippen molar-refractivity contribution >= 4 is 22.5 Å². The van der Waals surface area contributed by atoms with E-state index >= 15 is 0 Å². The van der Waals surface area contributed by atoms with E-state index in [1.807, 2.05) is 48.5 Å². The number of para-hydroxylation sites is 2. The number of aromatic nitrogens is 1. The monoisotopic (exact) mass is 394 g/mol. The topological polar surface area (TPSA) is 42.0 Å². The van der Waals surface area contributed by atoms with Gasteiger partial charge in [-0.05, 0) is 41.7 Å². The molecule has 30 heavy (non-hydrogen) atoms. The maximum Gasteiger partial charge on any atom is 0.256 e. The van der Waals surface area contributed by atoms with Crippen molar-refractivity contribution in [2.24, 2.45) is 0 Å². The average Bonchev–Trinajstić information content (AvgIpc) is 2.78. The maximum atomic E-state index is 13.3. The summed E-state index contributed by atoms with van der Waals surface area (Å²) in [5, 5.41) is 3.98. The molecule has 0 aliphatic rings. The van der Waals surface area contributed by atoms with Gasteiger partial charge in [0.2, 0.25) is 0 Å². The SMILES string of the molecule is CCc1ccc(-c2cc(C(=O)Nc3ccccc3C(C)C)c3ccccc3n2)cc1. The number of pyridine rings is 1. The van der Waals surface area contributed by atoms with Crippen LogP contribution in [0.5, 0.6) is 0 Å². The molecule has 1 heterocycles. The van der Waals surface area contributed by atoms with E-state index in [0.29, 0.717) is 11.5 Å². The normalized spacial score (nSPS) is 11.1. The van der Waals surface area contributed by atoms with Crippen LogP contribution < -0.4 is 5.32 Å². The van der Waals surface area contributed by atoms with E-state index in [0.717, 1.165) is 39.8 Å². The van der Waals surface area contributed by atoms with Gasteiger partial charge in [-0.15, -0.1) is 0 Å². The van der Waals surface area contributed by atoms with Crippen molar-refractivity contribution in [1.82, 2.24) is 4.98 Å². The Morgan fingerprint density at radius 2 is 1.63 bits per heavy atom. The number of anilines is 1. The predicted molar refractivity (Wildman–Crippen MR) is 125 cm³/mol. The number of nitrogens with zero attached hydrogens (tertiary/aromatic N) is 1. The molecule has 0 saturated heterocycles. The van der Waals surface area contributed by atoms with Crippen LogP contribution in [-0.4, -0.2) is 10.9 Å². The van der Waals surface area contributed by atoms with Gasteiger partial charge in [-0.1, -0.05) is 81.4 Å². The zero-order valence-corrected chi connectivity index (χ0v) is 17.6. The summed E-state index contributed by atoms with van der Waals surface area (Å²) >= 11 is 0. The molecule has 150 valence electrons. The number of amides is 1. The quantitative estimate of drug-likeness (QED) is 0.403. The lowest BCUT2D eigenvalue weighted by molar-refractivity contribution is 0.102. The second-order valence-corrected chi connectivity index (χ2v) is 7.82. The van der Waals surface area contributed by atoms with Gasteiger partial charge in [-0.3, -0.25) is 4.79 Å². The number of hydrogen-bond acceptors (Lipinski definition) is 2. The van der Waals surface area contributed by atoms with Crippen molar-refractivity contribution in [3.8, 4) is 11.3 Å². The third-order valence-electron chi connectivity index (χ3n) is 5.45. The molecule has 0 fully saturated rings. The summed E-state index contributed by atoms with van der Waals surface area (Å²) in [6.45, 7) is 6.40. The lowest BCUT2D eigenvalue weighted by Crippen LogP contribution is -2.14. The van der Waals surface area contributed by atoms with Crippen LogP contribution in [0.15, 0.2) is 78.9 Å². The van der Waals surface area contributed by atoms with Crippen molar-refractivity contribution in [2.45, 2.75) is 33.1 Å². The first-order chi connectivity index (χ1) is 14.6. The average molecular weight is 395 g/mol. The molecule has 1 aromatic heterocycles. The molecule has 0 aliphatic carbocycles. The Morgan fingerprint density at radius 3 is 2.37 bits per heavy atom. The largest absolute Gasteiger partial charge is 0.322 e. The molecule has 3 heteroatoms. The zero-order chi connectivity index (χ0) is 21.1.